The molecule has 3 N–H and O–H groups in total. The van der Waals surface area contributed by atoms with Gasteiger partial charge in [-0.05, 0) is 88.3 Å². The highest BCUT2D eigenvalue weighted by atomic mass is 16.5. The molecule has 4 amide bonds. The molecule has 1 aliphatic carbocycles. The molecule has 2 saturated heterocycles. The van der Waals surface area contributed by atoms with Crippen LogP contribution in [0.5, 0.6) is 5.75 Å². The topological polar surface area (TPSA) is 188 Å². The van der Waals surface area contributed by atoms with Crippen LogP contribution in [0, 0.1) is 6.92 Å². The highest BCUT2D eigenvalue weighted by molar-refractivity contribution is 6.23. The summed E-state index contributed by atoms with van der Waals surface area (Å²) in [5, 5.41) is 9.15. The third-order valence-electron chi connectivity index (χ3n) is 12.4. The Morgan fingerprint density at radius 1 is 0.967 bits per heavy atom. The van der Waals surface area contributed by atoms with Crippen LogP contribution in [0.1, 0.15) is 112 Å². The van der Waals surface area contributed by atoms with E-state index in [9.17, 15) is 28.8 Å². The van der Waals surface area contributed by atoms with Crippen molar-refractivity contribution in [2.75, 3.05) is 56.1 Å². The Morgan fingerprint density at radius 3 is 2.46 bits per heavy atom. The molecule has 320 valence electrons. The van der Waals surface area contributed by atoms with Crippen molar-refractivity contribution in [2.45, 2.75) is 89.9 Å². The average molecular weight is 832 g/mol. The monoisotopic (exact) mass is 831 g/mol. The maximum atomic E-state index is 13.6. The maximum Gasteiger partial charge on any atom is 0.263 e. The summed E-state index contributed by atoms with van der Waals surface area (Å²) < 4.78 is 7.67. The molecule has 16 nitrogen and oxygen atoms in total. The number of ketones is 1. The molecule has 0 spiro atoms. The van der Waals surface area contributed by atoms with Gasteiger partial charge < -0.3 is 25.6 Å². The Bertz CT molecular complexity index is 2340. The molecule has 1 saturated carbocycles. The summed E-state index contributed by atoms with van der Waals surface area (Å²) >= 11 is 0. The number of aromatic nitrogens is 2. The number of nitrogens with one attached hydrogen (secondary N) is 3. The number of hydrogen-bond acceptors (Lipinski definition) is 12. The summed E-state index contributed by atoms with van der Waals surface area (Å²) in [5.74, 6) is -0.431. The second-order valence-corrected chi connectivity index (χ2v) is 16.6. The smallest absolute Gasteiger partial charge is 0.263 e. The molecule has 2 aromatic heterocycles. The van der Waals surface area contributed by atoms with Gasteiger partial charge in [0, 0.05) is 68.4 Å². The average Bonchev–Trinajstić information content (AvgIpc) is 3.85. The molecule has 8 rings (SSSR count). The predicted octanol–water partition coefficient (Wildman–Crippen LogP) is 3.77. The number of piperidine rings is 1. The lowest BCUT2D eigenvalue weighted by molar-refractivity contribution is -0.125. The van der Waals surface area contributed by atoms with Crippen molar-refractivity contribution in [1.29, 1.82) is 0 Å². The number of carbonyl (C=O) groups excluding carboxylic acids is 5. The highest BCUT2D eigenvalue weighted by Gasteiger charge is 2.44. The van der Waals surface area contributed by atoms with Crippen LogP contribution in [-0.2, 0) is 16.0 Å². The van der Waals surface area contributed by atoms with E-state index in [4.69, 9.17) is 14.7 Å². The van der Waals surface area contributed by atoms with Crippen LogP contribution in [0.4, 0.5) is 11.5 Å². The minimum absolute atomic E-state index is 0.0287. The van der Waals surface area contributed by atoms with Gasteiger partial charge in [-0.15, -0.1) is 0 Å². The van der Waals surface area contributed by atoms with E-state index in [0.717, 1.165) is 79.5 Å². The third kappa shape index (κ3) is 8.72. The number of aliphatic imine (C=N–C) groups is 1. The van der Waals surface area contributed by atoms with Crippen LogP contribution in [0.3, 0.4) is 0 Å². The van der Waals surface area contributed by atoms with Gasteiger partial charge in [0.15, 0.2) is 5.78 Å². The zero-order valence-electron chi connectivity index (χ0n) is 34.8. The molecule has 0 bridgehead atoms. The molecule has 4 aliphatic heterocycles. The number of hydrogen-bond donors (Lipinski definition) is 3. The van der Waals surface area contributed by atoms with Crippen molar-refractivity contribution in [3.63, 3.8) is 0 Å². The van der Waals surface area contributed by atoms with Crippen LogP contribution in [0.25, 0.3) is 0 Å². The molecule has 1 aromatic carbocycles. The first-order valence-electron chi connectivity index (χ1n) is 21.4. The van der Waals surface area contributed by atoms with Gasteiger partial charge in [-0.1, -0.05) is 19.4 Å². The van der Waals surface area contributed by atoms with E-state index in [1.807, 2.05) is 23.8 Å². The van der Waals surface area contributed by atoms with Crippen LogP contribution in [0.15, 0.2) is 58.6 Å². The molecule has 0 radical (unpaired) electrons. The van der Waals surface area contributed by atoms with Crippen LogP contribution >= 0.6 is 0 Å². The lowest BCUT2D eigenvalue weighted by Gasteiger charge is -2.35. The highest BCUT2D eigenvalue weighted by Crippen LogP contribution is 2.35. The van der Waals surface area contributed by atoms with Crippen molar-refractivity contribution in [2.24, 2.45) is 4.99 Å². The molecule has 6 heterocycles. The summed E-state index contributed by atoms with van der Waals surface area (Å²) in [7, 11) is 0. The second kappa shape index (κ2) is 17.8. The van der Waals surface area contributed by atoms with E-state index in [-0.39, 0.29) is 46.1 Å². The lowest BCUT2D eigenvalue weighted by Crippen LogP contribution is -2.51. The summed E-state index contributed by atoms with van der Waals surface area (Å²) in [6.45, 7) is 11.3. The van der Waals surface area contributed by atoms with Gasteiger partial charge in [0.1, 0.15) is 23.8 Å². The molecule has 2 unspecified atom stereocenters. The quantitative estimate of drug-likeness (QED) is 0.122. The number of rotatable bonds is 14. The summed E-state index contributed by atoms with van der Waals surface area (Å²) in [6.07, 6.45) is 10.1. The Morgan fingerprint density at radius 2 is 1.74 bits per heavy atom. The first-order valence-corrected chi connectivity index (χ1v) is 21.4. The van der Waals surface area contributed by atoms with Gasteiger partial charge in [0.05, 0.1) is 41.7 Å². The maximum absolute atomic E-state index is 13.6. The van der Waals surface area contributed by atoms with Crippen molar-refractivity contribution in [3.05, 3.63) is 92.7 Å². The van der Waals surface area contributed by atoms with E-state index in [1.54, 1.807) is 24.4 Å². The number of carbonyl (C=O) groups is 5. The van der Waals surface area contributed by atoms with E-state index < -0.39 is 23.8 Å². The predicted molar refractivity (Wildman–Crippen MR) is 230 cm³/mol. The van der Waals surface area contributed by atoms with Crippen LogP contribution in [-0.4, -0.2) is 113 Å². The largest absolute Gasteiger partial charge is 0.494 e. The van der Waals surface area contributed by atoms with E-state index in [0.29, 0.717) is 68.8 Å². The van der Waals surface area contributed by atoms with Gasteiger partial charge in [0.25, 0.3) is 17.4 Å². The number of amides is 4. The first kappa shape index (κ1) is 41.6. The van der Waals surface area contributed by atoms with Crippen molar-refractivity contribution in [3.8, 4) is 5.75 Å². The number of Topliss-reactive ketones (excluding diaryl/α,β-unsaturated/α-hetero) is 1. The first-order chi connectivity index (χ1) is 29.5. The zero-order valence-corrected chi connectivity index (χ0v) is 34.8. The van der Waals surface area contributed by atoms with E-state index in [1.165, 1.54) is 6.92 Å². The van der Waals surface area contributed by atoms with Crippen molar-refractivity contribution >= 4 is 47.1 Å². The van der Waals surface area contributed by atoms with Gasteiger partial charge in [-0.25, -0.2) is 0 Å². The number of ether oxygens (including phenoxy) is 1. The minimum Gasteiger partial charge on any atom is -0.494 e. The summed E-state index contributed by atoms with van der Waals surface area (Å²) in [6, 6.07) is 8.06. The minimum atomic E-state index is -0.862. The number of allylic oxidation sites excluding steroid dienone is 1. The van der Waals surface area contributed by atoms with E-state index in [2.05, 4.69) is 38.4 Å². The Labute approximate surface area is 354 Å². The molecular formula is C45H53N9O7. The number of piperazine rings is 1. The van der Waals surface area contributed by atoms with Crippen molar-refractivity contribution < 1.29 is 28.7 Å². The SMILES string of the molecule is C=C1CCC(N2C(=O)c3ccc(OCCCCNC(=O)CN4CCN(c5ccc(CC6N=Cc7c(C)c(C(C)=O)c(=O)n(C8CCCC8)c7N6)nc5)CC4)cc3C2=O)C(=O)N1. The molecule has 2 atom stereocenters. The fourth-order valence-electron chi connectivity index (χ4n) is 9.13. The molecule has 3 fully saturated rings. The van der Waals surface area contributed by atoms with Crippen LogP contribution in [0.2, 0.25) is 0 Å². The molecule has 3 aromatic rings. The summed E-state index contributed by atoms with van der Waals surface area (Å²) in [4.78, 5) is 92.4. The van der Waals surface area contributed by atoms with Gasteiger partial charge in [-0.3, -0.25) is 53.1 Å². The number of benzene rings is 1. The molecule has 61 heavy (non-hydrogen) atoms. The number of fused-ring (bicyclic) bond motifs is 2. The third-order valence-corrected chi connectivity index (χ3v) is 12.4. The van der Waals surface area contributed by atoms with E-state index >= 15 is 0 Å². The van der Waals surface area contributed by atoms with Crippen molar-refractivity contribution in [1.82, 2.24) is 30.0 Å². The molecule has 16 heteroatoms. The standard InChI is InChI=1S/C45H53N9O7/c1-27-10-15-37(42(57)49-27)54-43(58)34-14-13-33(23-35(34)44(54)59)61-21-7-6-16-46-39(56)26-51-17-19-52(20-18-51)32-12-11-30(47-24-32)22-38-48-25-36-28(2)40(29(3)55)45(60)53(41(36)50-38)31-8-4-5-9-31/h11-14,23-25,31,37-38,50H,1,4-10,15-22,26H2,2-3H3,(H,46,56)(H,49,57). The Kier molecular flexibility index (Phi) is 12.1. The molecule has 5 aliphatic rings. The summed E-state index contributed by atoms with van der Waals surface area (Å²) in [5.41, 5.74) is 4.46. The molecular weight excluding hydrogens is 779 g/mol. The fraction of sp³-hybridized carbons (Fsp3) is 0.467. The van der Waals surface area contributed by atoms with Gasteiger partial charge in [0.2, 0.25) is 11.8 Å². The van der Waals surface area contributed by atoms with Gasteiger partial charge >= 0.3 is 0 Å². The van der Waals surface area contributed by atoms with Crippen LogP contribution < -0.4 is 31.1 Å². The number of imide groups is 1. The van der Waals surface area contributed by atoms with Gasteiger partial charge in [-0.2, -0.15) is 0 Å². The normalized spacial score (nSPS) is 20.4. The fourth-order valence-corrected chi connectivity index (χ4v) is 9.13. The number of anilines is 2. The second-order valence-electron chi connectivity index (χ2n) is 16.6. The Balaban J connectivity index is 0.743. The zero-order chi connectivity index (χ0) is 42.8. The number of unbranched alkanes of at least 4 members (excludes halogenated alkanes) is 1. The lowest BCUT2D eigenvalue weighted by atomic mass is 9.99. The number of nitrogens with zero attached hydrogens (tertiary/aromatic N) is 6. The Hall–Kier alpha value is -6.16. The number of pyridine rings is 2.